The molecule has 1 aromatic heterocycles. The number of aliphatic imine (C=N–C) groups is 1. The number of carboxylic acid groups (broad SMARTS) is 1. The highest BCUT2D eigenvalue weighted by molar-refractivity contribution is 8.14. The molecule has 1 N–H and O–H groups in total. The quantitative estimate of drug-likeness (QED) is 0.820. The number of aryl methyl sites for hydroxylation is 1. The highest BCUT2D eigenvalue weighted by Crippen LogP contribution is 2.22. The van der Waals surface area contributed by atoms with Crippen molar-refractivity contribution >= 4 is 22.8 Å². The van der Waals surface area contributed by atoms with E-state index in [0.29, 0.717) is 5.75 Å². The molecule has 1 atom stereocenters. The van der Waals surface area contributed by atoms with Gasteiger partial charge in [-0.1, -0.05) is 6.07 Å². The number of thioether (sulfide) groups is 1. The van der Waals surface area contributed by atoms with Crippen LogP contribution in [-0.2, 0) is 4.79 Å². The van der Waals surface area contributed by atoms with Crippen LogP contribution in [0.4, 0.5) is 0 Å². The van der Waals surface area contributed by atoms with Gasteiger partial charge in [-0.3, -0.25) is 9.98 Å². The molecule has 15 heavy (non-hydrogen) atoms. The molecular weight excluding hydrogens is 212 g/mol. The predicted octanol–water partition coefficient (Wildman–Crippen LogP) is 1.34. The van der Waals surface area contributed by atoms with Crippen LogP contribution >= 0.6 is 11.8 Å². The zero-order valence-corrected chi connectivity index (χ0v) is 8.99. The molecule has 5 heteroatoms. The van der Waals surface area contributed by atoms with Crippen LogP contribution in [-0.4, -0.2) is 32.9 Å². The first-order valence-corrected chi connectivity index (χ1v) is 5.52. The Balaban J connectivity index is 2.22. The highest BCUT2D eigenvalue weighted by atomic mass is 32.2. The predicted molar refractivity (Wildman–Crippen MR) is 59.4 cm³/mol. The molecule has 0 saturated carbocycles. The van der Waals surface area contributed by atoms with Crippen molar-refractivity contribution < 1.29 is 9.90 Å². The number of hydrogen-bond donors (Lipinski definition) is 1. The van der Waals surface area contributed by atoms with Crippen molar-refractivity contribution in [3.05, 3.63) is 29.6 Å². The van der Waals surface area contributed by atoms with E-state index in [1.165, 1.54) is 11.8 Å². The fourth-order valence-corrected chi connectivity index (χ4v) is 2.24. The Morgan fingerprint density at radius 3 is 2.93 bits per heavy atom. The van der Waals surface area contributed by atoms with E-state index in [4.69, 9.17) is 5.11 Å². The number of rotatable bonds is 2. The fourth-order valence-electron chi connectivity index (χ4n) is 1.23. The standard InChI is InChI=1S/C10H10N2O2S/c1-6-2-3-7(11-4-6)9-12-8(5-15-9)10(13)14/h2-4,8H,5H2,1H3,(H,13,14). The van der Waals surface area contributed by atoms with Crippen LogP contribution in [0.3, 0.4) is 0 Å². The first kappa shape index (κ1) is 10.2. The number of aromatic nitrogens is 1. The third-order valence-electron chi connectivity index (χ3n) is 2.07. The maximum atomic E-state index is 10.7. The molecular formula is C10H10N2O2S. The van der Waals surface area contributed by atoms with E-state index in [9.17, 15) is 4.79 Å². The SMILES string of the molecule is Cc1ccc(C2=NC(C(=O)O)CS2)nc1. The van der Waals surface area contributed by atoms with E-state index in [1.54, 1.807) is 6.20 Å². The summed E-state index contributed by atoms with van der Waals surface area (Å²) in [7, 11) is 0. The molecule has 1 aliphatic heterocycles. The van der Waals surface area contributed by atoms with Crippen LogP contribution in [0.1, 0.15) is 11.3 Å². The number of pyridine rings is 1. The Hall–Kier alpha value is -1.36. The highest BCUT2D eigenvalue weighted by Gasteiger charge is 2.25. The van der Waals surface area contributed by atoms with Gasteiger partial charge >= 0.3 is 5.97 Å². The molecule has 0 aliphatic carbocycles. The first-order chi connectivity index (χ1) is 7.16. The summed E-state index contributed by atoms with van der Waals surface area (Å²) in [6.45, 7) is 1.96. The molecule has 0 spiro atoms. The van der Waals surface area contributed by atoms with Crippen LogP contribution in [0.5, 0.6) is 0 Å². The molecule has 2 heterocycles. The average molecular weight is 222 g/mol. The van der Waals surface area contributed by atoms with Crippen LogP contribution < -0.4 is 0 Å². The normalized spacial score (nSPS) is 20.1. The van der Waals surface area contributed by atoms with Crippen LogP contribution in [0.2, 0.25) is 0 Å². The summed E-state index contributed by atoms with van der Waals surface area (Å²) in [4.78, 5) is 19.0. The number of hydrogen-bond acceptors (Lipinski definition) is 4. The maximum absolute atomic E-state index is 10.7. The number of aliphatic carboxylic acids is 1. The van der Waals surface area contributed by atoms with E-state index in [-0.39, 0.29) is 0 Å². The van der Waals surface area contributed by atoms with Gasteiger partial charge in [-0.2, -0.15) is 0 Å². The Morgan fingerprint density at radius 1 is 1.60 bits per heavy atom. The molecule has 1 aromatic rings. The Labute approximate surface area is 91.4 Å². The van der Waals surface area contributed by atoms with Gasteiger partial charge in [-0.05, 0) is 18.6 Å². The van der Waals surface area contributed by atoms with E-state index < -0.39 is 12.0 Å². The van der Waals surface area contributed by atoms with Crippen LogP contribution in [0, 0.1) is 6.92 Å². The lowest BCUT2D eigenvalue weighted by Crippen LogP contribution is -2.17. The lowest BCUT2D eigenvalue weighted by molar-refractivity contribution is -0.137. The van der Waals surface area contributed by atoms with Gasteiger partial charge in [-0.15, -0.1) is 11.8 Å². The van der Waals surface area contributed by atoms with Crippen molar-refractivity contribution in [3.8, 4) is 0 Å². The van der Waals surface area contributed by atoms with Crippen LogP contribution in [0.25, 0.3) is 0 Å². The van der Waals surface area contributed by atoms with E-state index >= 15 is 0 Å². The molecule has 0 aromatic carbocycles. The van der Waals surface area contributed by atoms with Gasteiger partial charge in [-0.25, -0.2) is 4.79 Å². The second kappa shape index (κ2) is 4.02. The van der Waals surface area contributed by atoms with Crippen molar-refractivity contribution in [1.82, 2.24) is 4.98 Å². The summed E-state index contributed by atoms with van der Waals surface area (Å²) in [5, 5.41) is 9.51. The molecule has 0 radical (unpaired) electrons. The van der Waals surface area contributed by atoms with Gasteiger partial charge in [0.05, 0.1) is 5.69 Å². The molecule has 1 unspecified atom stereocenters. The first-order valence-electron chi connectivity index (χ1n) is 4.53. The summed E-state index contributed by atoms with van der Waals surface area (Å²) >= 11 is 1.44. The monoisotopic (exact) mass is 222 g/mol. The second-order valence-corrected chi connectivity index (χ2v) is 4.33. The number of nitrogens with zero attached hydrogens (tertiary/aromatic N) is 2. The third-order valence-corrected chi connectivity index (χ3v) is 3.14. The van der Waals surface area contributed by atoms with Crippen molar-refractivity contribution in [2.45, 2.75) is 13.0 Å². The molecule has 2 rings (SSSR count). The minimum Gasteiger partial charge on any atom is -0.480 e. The minimum atomic E-state index is -0.871. The zero-order chi connectivity index (χ0) is 10.8. The van der Waals surface area contributed by atoms with Gasteiger partial charge in [0.25, 0.3) is 0 Å². The molecule has 78 valence electrons. The van der Waals surface area contributed by atoms with E-state index in [1.807, 2.05) is 19.1 Å². The summed E-state index contributed by atoms with van der Waals surface area (Å²) in [6, 6.07) is 3.19. The Morgan fingerprint density at radius 2 is 2.40 bits per heavy atom. The topological polar surface area (TPSA) is 62.5 Å². The summed E-state index contributed by atoms with van der Waals surface area (Å²) < 4.78 is 0. The molecule has 0 bridgehead atoms. The zero-order valence-electron chi connectivity index (χ0n) is 8.17. The average Bonchev–Trinajstić information content (AvgIpc) is 2.68. The van der Waals surface area contributed by atoms with Gasteiger partial charge in [0.1, 0.15) is 5.04 Å². The Bertz CT molecular complexity index is 414. The lowest BCUT2D eigenvalue weighted by atomic mass is 10.3. The largest absolute Gasteiger partial charge is 0.480 e. The van der Waals surface area contributed by atoms with Gasteiger partial charge in [0, 0.05) is 11.9 Å². The molecule has 0 saturated heterocycles. The third kappa shape index (κ3) is 2.18. The van der Waals surface area contributed by atoms with Crippen molar-refractivity contribution in [2.24, 2.45) is 4.99 Å². The summed E-state index contributed by atoms with van der Waals surface area (Å²) in [6.07, 6.45) is 1.76. The smallest absolute Gasteiger partial charge is 0.329 e. The van der Waals surface area contributed by atoms with Gasteiger partial charge in [0.2, 0.25) is 0 Å². The van der Waals surface area contributed by atoms with Crippen molar-refractivity contribution in [3.63, 3.8) is 0 Å². The lowest BCUT2D eigenvalue weighted by Gasteiger charge is -1.98. The summed E-state index contributed by atoms with van der Waals surface area (Å²) in [5.41, 5.74) is 1.84. The van der Waals surface area contributed by atoms with Gasteiger partial charge in [0.15, 0.2) is 6.04 Å². The van der Waals surface area contributed by atoms with E-state index in [2.05, 4.69) is 9.98 Å². The maximum Gasteiger partial charge on any atom is 0.329 e. The molecule has 1 aliphatic rings. The van der Waals surface area contributed by atoms with Crippen molar-refractivity contribution in [1.29, 1.82) is 0 Å². The number of carboxylic acids is 1. The Kier molecular flexibility index (Phi) is 2.73. The van der Waals surface area contributed by atoms with Gasteiger partial charge < -0.3 is 5.11 Å². The molecule has 0 fully saturated rings. The van der Waals surface area contributed by atoms with E-state index in [0.717, 1.165) is 16.3 Å². The molecule has 0 amide bonds. The van der Waals surface area contributed by atoms with Crippen LogP contribution in [0.15, 0.2) is 23.3 Å². The number of carbonyl (C=O) groups is 1. The molecule has 4 nitrogen and oxygen atoms in total. The summed E-state index contributed by atoms with van der Waals surface area (Å²) in [5.74, 6) is -0.371. The second-order valence-electron chi connectivity index (χ2n) is 3.32. The van der Waals surface area contributed by atoms with Crippen molar-refractivity contribution in [2.75, 3.05) is 5.75 Å². The minimum absolute atomic E-state index is 0.500. The fraction of sp³-hybridized carbons (Fsp3) is 0.300.